The second-order valence-electron chi connectivity index (χ2n) is 5.72. The fraction of sp³-hybridized carbons (Fsp3) is 0.263. The van der Waals surface area contributed by atoms with Crippen molar-refractivity contribution in [3.8, 4) is 0 Å². The number of para-hydroxylation sites is 1. The Labute approximate surface area is 146 Å². The van der Waals surface area contributed by atoms with E-state index < -0.39 is 0 Å². The Balaban J connectivity index is 1.50. The summed E-state index contributed by atoms with van der Waals surface area (Å²) in [6.07, 6.45) is 4.36. The molecule has 130 valence electrons. The second kappa shape index (κ2) is 8.30. The molecule has 0 atom stereocenters. The summed E-state index contributed by atoms with van der Waals surface area (Å²) in [5.41, 5.74) is 2.87. The fourth-order valence-corrected chi connectivity index (χ4v) is 2.67. The molecule has 3 rings (SSSR count). The lowest BCUT2D eigenvalue weighted by Crippen LogP contribution is -2.25. The highest BCUT2D eigenvalue weighted by Gasteiger charge is 2.07. The molecule has 25 heavy (non-hydrogen) atoms. The van der Waals surface area contributed by atoms with Crippen molar-refractivity contribution in [2.45, 2.75) is 6.42 Å². The van der Waals surface area contributed by atoms with Crippen molar-refractivity contribution in [1.29, 1.82) is 0 Å². The van der Waals surface area contributed by atoms with Gasteiger partial charge in [-0.1, -0.05) is 18.2 Å². The van der Waals surface area contributed by atoms with E-state index in [1.54, 1.807) is 25.4 Å². The first-order valence-corrected chi connectivity index (χ1v) is 8.30. The number of carbonyl (C=O) groups excluding carboxylic acids is 1. The molecule has 0 spiro atoms. The zero-order chi connectivity index (χ0) is 17.5. The minimum atomic E-state index is -0.115. The van der Waals surface area contributed by atoms with Crippen molar-refractivity contribution < 1.29 is 9.53 Å². The van der Waals surface area contributed by atoms with Gasteiger partial charge in [0.05, 0.1) is 12.2 Å². The summed E-state index contributed by atoms with van der Waals surface area (Å²) in [4.78, 5) is 19.7. The number of benzene rings is 1. The van der Waals surface area contributed by atoms with Gasteiger partial charge in [-0.15, -0.1) is 0 Å². The van der Waals surface area contributed by atoms with Crippen LogP contribution in [0, 0.1) is 0 Å². The molecule has 6 nitrogen and oxygen atoms in total. The predicted molar refractivity (Wildman–Crippen MR) is 98.9 cm³/mol. The van der Waals surface area contributed by atoms with E-state index >= 15 is 0 Å². The average molecular weight is 338 g/mol. The summed E-state index contributed by atoms with van der Waals surface area (Å²) >= 11 is 0. The molecule has 0 saturated heterocycles. The van der Waals surface area contributed by atoms with Crippen LogP contribution in [-0.4, -0.2) is 42.7 Å². The van der Waals surface area contributed by atoms with Gasteiger partial charge >= 0.3 is 0 Å². The first kappa shape index (κ1) is 17.0. The second-order valence-corrected chi connectivity index (χ2v) is 5.72. The van der Waals surface area contributed by atoms with Crippen LogP contribution >= 0.6 is 0 Å². The van der Waals surface area contributed by atoms with E-state index in [4.69, 9.17) is 4.74 Å². The van der Waals surface area contributed by atoms with E-state index in [-0.39, 0.29) is 5.91 Å². The van der Waals surface area contributed by atoms with E-state index in [0.717, 1.165) is 17.8 Å². The molecule has 0 unspecified atom stereocenters. The van der Waals surface area contributed by atoms with Crippen LogP contribution in [0.2, 0.25) is 0 Å². The maximum atomic E-state index is 12.2. The van der Waals surface area contributed by atoms with E-state index in [1.807, 2.05) is 24.4 Å². The lowest BCUT2D eigenvalue weighted by Gasteiger charge is -2.07. The molecule has 0 saturated carbocycles. The van der Waals surface area contributed by atoms with E-state index in [9.17, 15) is 4.79 Å². The highest BCUT2D eigenvalue weighted by atomic mass is 16.5. The molecule has 1 amide bonds. The highest BCUT2D eigenvalue weighted by molar-refractivity contribution is 5.94. The molecule has 0 fully saturated rings. The number of anilines is 1. The van der Waals surface area contributed by atoms with Crippen LogP contribution in [0.1, 0.15) is 15.9 Å². The standard InChI is InChI=1S/C19H22N4O2/c1-25-11-10-20-18-7-6-15(13-23-18)19(24)21-9-8-14-12-22-17-5-3-2-4-16(14)17/h2-7,12-13,22H,8-11H2,1H3,(H,20,23)(H,21,24). The first-order valence-electron chi connectivity index (χ1n) is 8.30. The minimum absolute atomic E-state index is 0.115. The van der Waals surface area contributed by atoms with E-state index in [1.165, 1.54) is 10.9 Å². The highest BCUT2D eigenvalue weighted by Crippen LogP contribution is 2.17. The van der Waals surface area contributed by atoms with Gasteiger partial charge in [-0.05, 0) is 30.2 Å². The van der Waals surface area contributed by atoms with Gasteiger partial charge in [0.1, 0.15) is 5.82 Å². The quantitative estimate of drug-likeness (QED) is 0.552. The largest absolute Gasteiger partial charge is 0.383 e. The summed E-state index contributed by atoms with van der Waals surface area (Å²) in [6, 6.07) is 11.7. The number of rotatable bonds is 8. The van der Waals surface area contributed by atoms with Gasteiger partial charge in [-0.2, -0.15) is 0 Å². The number of nitrogens with one attached hydrogen (secondary N) is 3. The van der Waals surface area contributed by atoms with Crippen molar-refractivity contribution >= 4 is 22.6 Å². The minimum Gasteiger partial charge on any atom is -0.383 e. The van der Waals surface area contributed by atoms with Crippen LogP contribution < -0.4 is 10.6 Å². The Kier molecular flexibility index (Phi) is 5.64. The number of amides is 1. The number of carbonyl (C=O) groups is 1. The fourth-order valence-electron chi connectivity index (χ4n) is 2.67. The zero-order valence-electron chi connectivity index (χ0n) is 14.2. The maximum Gasteiger partial charge on any atom is 0.252 e. The summed E-state index contributed by atoms with van der Waals surface area (Å²) in [7, 11) is 1.65. The molecule has 6 heteroatoms. The third kappa shape index (κ3) is 4.36. The van der Waals surface area contributed by atoms with Crippen LogP contribution in [-0.2, 0) is 11.2 Å². The molecular formula is C19H22N4O2. The average Bonchev–Trinajstić information content (AvgIpc) is 3.06. The summed E-state index contributed by atoms with van der Waals surface area (Å²) < 4.78 is 4.97. The number of nitrogens with zero attached hydrogens (tertiary/aromatic N) is 1. The topological polar surface area (TPSA) is 79.0 Å². The van der Waals surface area contributed by atoms with Crippen LogP contribution in [0.5, 0.6) is 0 Å². The number of H-pyrrole nitrogens is 1. The monoisotopic (exact) mass is 338 g/mol. The number of hydrogen-bond acceptors (Lipinski definition) is 4. The molecule has 0 aliphatic rings. The molecule has 2 heterocycles. The number of aromatic amines is 1. The third-order valence-electron chi connectivity index (χ3n) is 3.99. The molecular weight excluding hydrogens is 316 g/mol. The Morgan fingerprint density at radius 3 is 2.88 bits per heavy atom. The number of ether oxygens (including phenoxy) is 1. The Morgan fingerprint density at radius 1 is 1.20 bits per heavy atom. The Hall–Kier alpha value is -2.86. The maximum absolute atomic E-state index is 12.2. The predicted octanol–water partition coefficient (Wildman–Crippen LogP) is 2.59. The van der Waals surface area contributed by atoms with Crippen molar-refractivity contribution in [2.75, 3.05) is 32.1 Å². The van der Waals surface area contributed by atoms with Gasteiger partial charge in [0.15, 0.2) is 0 Å². The van der Waals surface area contributed by atoms with Crippen LogP contribution in [0.25, 0.3) is 10.9 Å². The van der Waals surface area contributed by atoms with Crippen LogP contribution in [0.4, 0.5) is 5.82 Å². The summed E-state index contributed by atoms with van der Waals surface area (Å²) in [5.74, 6) is 0.614. The summed E-state index contributed by atoms with van der Waals surface area (Å²) in [6.45, 7) is 1.87. The zero-order valence-corrected chi connectivity index (χ0v) is 14.2. The van der Waals surface area contributed by atoms with E-state index in [2.05, 4.69) is 26.7 Å². The van der Waals surface area contributed by atoms with E-state index in [0.29, 0.717) is 25.3 Å². The van der Waals surface area contributed by atoms with Gasteiger partial charge in [-0.3, -0.25) is 4.79 Å². The van der Waals surface area contributed by atoms with Gasteiger partial charge in [0.25, 0.3) is 5.91 Å². The Morgan fingerprint density at radius 2 is 2.08 bits per heavy atom. The molecule has 0 radical (unpaired) electrons. The van der Waals surface area contributed by atoms with Gasteiger partial charge in [0, 0.05) is 43.5 Å². The molecule has 0 aliphatic heterocycles. The molecule has 3 N–H and O–H groups in total. The molecule has 1 aromatic carbocycles. The normalized spacial score (nSPS) is 10.8. The van der Waals surface area contributed by atoms with Crippen LogP contribution in [0.3, 0.4) is 0 Å². The first-order chi connectivity index (χ1) is 12.3. The molecule has 0 bridgehead atoms. The number of aromatic nitrogens is 2. The molecule has 0 aliphatic carbocycles. The van der Waals surface area contributed by atoms with Crippen molar-refractivity contribution in [3.05, 3.63) is 59.9 Å². The smallest absolute Gasteiger partial charge is 0.252 e. The van der Waals surface area contributed by atoms with Crippen molar-refractivity contribution in [3.63, 3.8) is 0 Å². The van der Waals surface area contributed by atoms with Crippen molar-refractivity contribution in [1.82, 2.24) is 15.3 Å². The third-order valence-corrected chi connectivity index (χ3v) is 3.99. The number of pyridine rings is 1. The molecule has 3 aromatic rings. The lowest BCUT2D eigenvalue weighted by molar-refractivity contribution is 0.0954. The summed E-state index contributed by atoms with van der Waals surface area (Å²) in [5, 5.41) is 7.26. The Bertz CT molecular complexity index is 827. The van der Waals surface area contributed by atoms with Crippen molar-refractivity contribution in [2.24, 2.45) is 0 Å². The van der Waals surface area contributed by atoms with Gasteiger partial charge < -0.3 is 20.4 Å². The number of methoxy groups -OCH3 is 1. The number of fused-ring (bicyclic) bond motifs is 1. The van der Waals surface area contributed by atoms with Gasteiger partial charge in [0.2, 0.25) is 0 Å². The molecule has 2 aromatic heterocycles. The SMILES string of the molecule is COCCNc1ccc(C(=O)NCCc2c[nH]c3ccccc23)cn1. The van der Waals surface area contributed by atoms with Crippen LogP contribution in [0.15, 0.2) is 48.8 Å². The lowest BCUT2D eigenvalue weighted by atomic mass is 10.1. The number of hydrogen-bond donors (Lipinski definition) is 3. The van der Waals surface area contributed by atoms with Gasteiger partial charge in [-0.25, -0.2) is 4.98 Å².